The fraction of sp³-hybridized carbons (Fsp3) is 0.667. The first-order chi connectivity index (χ1) is 8.35. The first-order valence-corrected chi connectivity index (χ1v) is 6.15. The van der Waals surface area contributed by atoms with Gasteiger partial charge in [-0.3, -0.25) is 4.98 Å². The maximum absolute atomic E-state index is 5.49. The molecular weight excluding hydrogens is 216 g/mol. The van der Waals surface area contributed by atoms with Crippen LogP contribution in [0.25, 0.3) is 0 Å². The third-order valence-corrected chi connectivity index (χ3v) is 3.04. The average Bonchev–Trinajstić information content (AvgIpc) is 2.40. The summed E-state index contributed by atoms with van der Waals surface area (Å²) in [5.41, 5.74) is 0.970. The van der Waals surface area contributed by atoms with Crippen molar-refractivity contribution in [2.75, 3.05) is 31.7 Å². The zero-order valence-corrected chi connectivity index (χ0v) is 10.5. The number of ether oxygens (including phenoxy) is 1. The normalized spacial score (nSPS) is 20.6. The van der Waals surface area contributed by atoms with Crippen LogP contribution >= 0.6 is 0 Å². The summed E-state index contributed by atoms with van der Waals surface area (Å²) < 4.78 is 5.49. The Morgan fingerprint density at radius 2 is 2.35 bits per heavy atom. The fourth-order valence-corrected chi connectivity index (χ4v) is 2.06. The number of nitrogens with zero attached hydrogens (tertiary/aromatic N) is 3. The Kier molecular flexibility index (Phi) is 4.28. The van der Waals surface area contributed by atoms with Crippen molar-refractivity contribution >= 4 is 5.82 Å². The minimum absolute atomic E-state index is 0.424. The Balaban J connectivity index is 2.09. The van der Waals surface area contributed by atoms with Crippen LogP contribution in [0.1, 0.15) is 19.0 Å². The molecule has 94 valence electrons. The van der Waals surface area contributed by atoms with E-state index in [1.165, 1.54) is 0 Å². The van der Waals surface area contributed by atoms with Crippen molar-refractivity contribution in [3.8, 4) is 0 Å². The molecule has 0 bridgehead atoms. The van der Waals surface area contributed by atoms with E-state index in [1.54, 1.807) is 0 Å². The van der Waals surface area contributed by atoms with Gasteiger partial charge in [0.05, 0.1) is 37.3 Å². The Hall–Kier alpha value is -1.20. The number of morpholine rings is 1. The van der Waals surface area contributed by atoms with Gasteiger partial charge in [0, 0.05) is 13.1 Å². The van der Waals surface area contributed by atoms with Gasteiger partial charge >= 0.3 is 0 Å². The van der Waals surface area contributed by atoms with Crippen molar-refractivity contribution in [1.82, 2.24) is 15.3 Å². The Labute approximate surface area is 102 Å². The highest BCUT2D eigenvalue weighted by atomic mass is 16.5. The summed E-state index contributed by atoms with van der Waals surface area (Å²) in [5.74, 6) is 0.958. The van der Waals surface area contributed by atoms with Crippen LogP contribution in [0.15, 0.2) is 12.4 Å². The highest BCUT2D eigenvalue weighted by molar-refractivity contribution is 5.38. The standard InChI is InChI=1S/C12H20N4O/c1-3-11-9-17-5-4-16(11)12-8-14-10(6-13-2)7-15-12/h7-8,11,13H,3-6,9H2,1-2H3. The van der Waals surface area contributed by atoms with E-state index in [2.05, 4.69) is 27.1 Å². The van der Waals surface area contributed by atoms with Gasteiger partial charge in [0.2, 0.25) is 0 Å². The molecule has 1 N–H and O–H groups in total. The molecule has 0 saturated carbocycles. The van der Waals surface area contributed by atoms with Gasteiger partial charge < -0.3 is 15.0 Å². The average molecular weight is 236 g/mol. The van der Waals surface area contributed by atoms with Gasteiger partial charge in [-0.05, 0) is 13.5 Å². The molecule has 1 fully saturated rings. The van der Waals surface area contributed by atoms with E-state index < -0.39 is 0 Å². The van der Waals surface area contributed by atoms with E-state index in [1.807, 2.05) is 19.4 Å². The molecule has 2 heterocycles. The molecule has 5 nitrogen and oxygen atoms in total. The summed E-state index contributed by atoms with van der Waals surface area (Å²) >= 11 is 0. The number of hydrogen-bond donors (Lipinski definition) is 1. The second-order valence-electron chi connectivity index (χ2n) is 4.23. The lowest BCUT2D eigenvalue weighted by Crippen LogP contribution is -2.45. The van der Waals surface area contributed by atoms with Gasteiger partial charge in [-0.1, -0.05) is 6.92 Å². The Bertz CT molecular complexity index is 341. The summed E-state index contributed by atoms with van der Waals surface area (Å²) in [6.45, 7) is 5.40. The quantitative estimate of drug-likeness (QED) is 0.838. The van der Waals surface area contributed by atoms with E-state index in [0.717, 1.165) is 44.2 Å². The molecule has 2 rings (SSSR count). The summed E-state index contributed by atoms with van der Waals surface area (Å²) in [6, 6.07) is 0.424. The largest absolute Gasteiger partial charge is 0.377 e. The van der Waals surface area contributed by atoms with Crippen LogP contribution < -0.4 is 10.2 Å². The van der Waals surface area contributed by atoms with Gasteiger partial charge in [-0.2, -0.15) is 0 Å². The van der Waals surface area contributed by atoms with Crippen molar-refractivity contribution in [3.63, 3.8) is 0 Å². The van der Waals surface area contributed by atoms with Crippen molar-refractivity contribution in [1.29, 1.82) is 0 Å². The summed E-state index contributed by atoms with van der Waals surface area (Å²) in [5, 5.41) is 3.07. The molecule has 0 radical (unpaired) electrons. The van der Waals surface area contributed by atoms with E-state index in [0.29, 0.717) is 6.04 Å². The zero-order valence-electron chi connectivity index (χ0n) is 10.5. The van der Waals surface area contributed by atoms with E-state index in [9.17, 15) is 0 Å². The molecule has 1 aromatic heterocycles. The molecular formula is C12H20N4O. The van der Waals surface area contributed by atoms with Gasteiger partial charge in [-0.25, -0.2) is 4.98 Å². The minimum Gasteiger partial charge on any atom is -0.377 e. The molecule has 1 aliphatic rings. The van der Waals surface area contributed by atoms with Crippen LogP contribution in [0, 0.1) is 0 Å². The molecule has 1 saturated heterocycles. The number of hydrogen-bond acceptors (Lipinski definition) is 5. The van der Waals surface area contributed by atoms with Crippen LogP contribution in [0.3, 0.4) is 0 Å². The van der Waals surface area contributed by atoms with Crippen LogP contribution in [-0.4, -0.2) is 42.8 Å². The Morgan fingerprint density at radius 1 is 1.47 bits per heavy atom. The molecule has 1 aromatic rings. The van der Waals surface area contributed by atoms with Gasteiger partial charge in [0.25, 0.3) is 0 Å². The highest BCUT2D eigenvalue weighted by Gasteiger charge is 2.22. The lowest BCUT2D eigenvalue weighted by atomic mass is 10.2. The zero-order chi connectivity index (χ0) is 12.1. The molecule has 5 heteroatoms. The van der Waals surface area contributed by atoms with E-state index in [-0.39, 0.29) is 0 Å². The number of rotatable bonds is 4. The highest BCUT2D eigenvalue weighted by Crippen LogP contribution is 2.18. The molecule has 1 unspecified atom stereocenters. The summed E-state index contributed by atoms with van der Waals surface area (Å²) in [7, 11) is 1.91. The third-order valence-electron chi connectivity index (χ3n) is 3.04. The summed E-state index contributed by atoms with van der Waals surface area (Å²) in [6.07, 6.45) is 4.77. The minimum atomic E-state index is 0.424. The maximum Gasteiger partial charge on any atom is 0.147 e. The molecule has 0 spiro atoms. The first kappa shape index (κ1) is 12.3. The number of anilines is 1. The second-order valence-corrected chi connectivity index (χ2v) is 4.23. The van der Waals surface area contributed by atoms with Gasteiger partial charge in [0.15, 0.2) is 0 Å². The number of aromatic nitrogens is 2. The SMILES string of the molecule is CCC1COCCN1c1cnc(CNC)cn1. The molecule has 0 amide bonds. The summed E-state index contributed by atoms with van der Waals surface area (Å²) in [4.78, 5) is 11.2. The predicted octanol–water partition coefficient (Wildman–Crippen LogP) is 0.811. The van der Waals surface area contributed by atoms with Gasteiger partial charge in [-0.15, -0.1) is 0 Å². The molecule has 0 aromatic carbocycles. The lowest BCUT2D eigenvalue weighted by Gasteiger charge is -2.35. The van der Waals surface area contributed by atoms with Crippen molar-refractivity contribution < 1.29 is 4.74 Å². The van der Waals surface area contributed by atoms with Crippen molar-refractivity contribution in [2.24, 2.45) is 0 Å². The van der Waals surface area contributed by atoms with Crippen LogP contribution in [0.5, 0.6) is 0 Å². The topological polar surface area (TPSA) is 50.3 Å². The molecule has 17 heavy (non-hydrogen) atoms. The smallest absolute Gasteiger partial charge is 0.147 e. The maximum atomic E-state index is 5.49. The number of nitrogens with one attached hydrogen (secondary N) is 1. The van der Waals surface area contributed by atoms with Crippen molar-refractivity contribution in [2.45, 2.75) is 25.9 Å². The lowest BCUT2D eigenvalue weighted by molar-refractivity contribution is 0.0925. The van der Waals surface area contributed by atoms with Crippen molar-refractivity contribution in [3.05, 3.63) is 18.1 Å². The second kappa shape index (κ2) is 5.93. The van der Waals surface area contributed by atoms with Crippen LogP contribution in [0.4, 0.5) is 5.82 Å². The molecule has 0 aliphatic carbocycles. The van der Waals surface area contributed by atoms with E-state index in [4.69, 9.17) is 4.74 Å². The van der Waals surface area contributed by atoms with Crippen LogP contribution in [0.2, 0.25) is 0 Å². The molecule has 1 aliphatic heterocycles. The third kappa shape index (κ3) is 2.92. The van der Waals surface area contributed by atoms with Gasteiger partial charge in [0.1, 0.15) is 5.82 Å². The van der Waals surface area contributed by atoms with E-state index >= 15 is 0 Å². The monoisotopic (exact) mass is 236 g/mol. The Morgan fingerprint density at radius 3 is 3.00 bits per heavy atom. The predicted molar refractivity (Wildman–Crippen MR) is 67.0 cm³/mol. The fourth-order valence-electron chi connectivity index (χ4n) is 2.06. The first-order valence-electron chi connectivity index (χ1n) is 6.15. The van der Waals surface area contributed by atoms with Crippen LogP contribution in [-0.2, 0) is 11.3 Å². The molecule has 1 atom stereocenters.